The fraction of sp³-hybridized carbons (Fsp3) is 0. The maximum atomic E-state index is 6.50. The van der Waals surface area contributed by atoms with Crippen LogP contribution in [0.25, 0.3) is 81.1 Å². The van der Waals surface area contributed by atoms with Crippen LogP contribution in [0.5, 0.6) is 0 Å². The van der Waals surface area contributed by atoms with Crippen molar-refractivity contribution < 1.29 is 4.42 Å². The number of hydrogen-bond acceptors (Lipinski definition) is 2. The van der Waals surface area contributed by atoms with Crippen molar-refractivity contribution in [1.29, 1.82) is 0 Å². The predicted molar refractivity (Wildman–Crippen MR) is 174 cm³/mol. The Morgan fingerprint density at radius 2 is 1.12 bits per heavy atom. The minimum Gasteiger partial charge on any atom is -0.454 e. The van der Waals surface area contributed by atoms with Crippen molar-refractivity contribution in [2.45, 2.75) is 0 Å². The first-order valence-electron chi connectivity index (χ1n) is 13.9. The minimum absolute atomic E-state index is 0.903. The highest BCUT2D eigenvalue weighted by atomic mass is 32.1. The second-order valence-corrected chi connectivity index (χ2v) is 11.7. The molecule has 9 rings (SSSR count). The van der Waals surface area contributed by atoms with E-state index in [0.29, 0.717) is 0 Å². The number of fused-ring (bicyclic) bond motifs is 8. The van der Waals surface area contributed by atoms with Gasteiger partial charge in [0.15, 0.2) is 5.58 Å². The van der Waals surface area contributed by atoms with Crippen LogP contribution >= 0.6 is 11.3 Å². The van der Waals surface area contributed by atoms with Crippen LogP contribution in [0.4, 0.5) is 0 Å². The average molecular weight is 542 g/mol. The number of aromatic nitrogens is 1. The number of hydrogen-bond donors (Lipinski definition) is 0. The highest BCUT2D eigenvalue weighted by Gasteiger charge is 2.19. The monoisotopic (exact) mass is 541 g/mol. The molecule has 0 aliphatic rings. The molecule has 0 amide bonds. The van der Waals surface area contributed by atoms with Crippen LogP contribution in [0.2, 0.25) is 0 Å². The lowest BCUT2D eigenvalue weighted by atomic mass is 9.97. The van der Waals surface area contributed by atoms with Gasteiger partial charge < -0.3 is 8.98 Å². The zero-order valence-electron chi connectivity index (χ0n) is 22.0. The molecule has 0 aliphatic heterocycles. The summed E-state index contributed by atoms with van der Waals surface area (Å²) >= 11 is 1.86. The molecular formula is C38H23NOS. The third-order valence-corrected chi connectivity index (χ3v) is 9.35. The second-order valence-electron chi connectivity index (χ2n) is 10.6. The molecule has 3 heterocycles. The first kappa shape index (κ1) is 22.7. The molecule has 9 aromatic rings. The summed E-state index contributed by atoms with van der Waals surface area (Å²) in [5.74, 6) is 0. The van der Waals surface area contributed by atoms with Crippen molar-refractivity contribution in [3.63, 3.8) is 0 Å². The summed E-state index contributed by atoms with van der Waals surface area (Å²) in [5.41, 5.74) is 10.0. The molecular weight excluding hydrogens is 518 g/mol. The van der Waals surface area contributed by atoms with Gasteiger partial charge in [0.2, 0.25) is 0 Å². The van der Waals surface area contributed by atoms with Crippen molar-refractivity contribution in [2.24, 2.45) is 0 Å². The first-order valence-corrected chi connectivity index (χ1v) is 14.7. The molecule has 0 aliphatic carbocycles. The van der Waals surface area contributed by atoms with Crippen LogP contribution in [0.1, 0.15) is 0 Å². The van der Waals surface area contributed by atoms with E-state index in [4.69, 9.17) is 4.42 Å². The van der Waals surface area contributed by atoms with Crippen LogP contribution in [0.15, 0.2) is 144 Å². The number of rotatable bonds is 3. The molecule has 2 nitrogen and oxygen atoms in total. The number of furan rings is 1. The largest absolute Gasteiger partial charge is 0.454 e. The second kappa shape index (κ2) is 8.69. The minimum atomic E-state index is 0.903. The Labute approximate surface area is 240 Å². The van der Waals surface area contributed by atoms with Gasteiger partial charge in [-0.05, 0) is 82.9 Å². The molecule has 192 valence electrons. The molecule has 0 bridgehead atoms. The van der Waals surface area contributed by atoms with E-state index < -0.39 is 0 Å². The van der Waals surface area contributed by atoms with Gasteiger partial charge in [0.1, 0.15) is 11.1 Å². The average Bonchev–Trinajstić information content (AvgIpc) is 3.70. The molecule has 3 aromatic heterocycles. The summed E-state index contributed by atoms with van der Waals surface area (Å²) < 4.78 is 11.5. The summed E-state index contributed by atoms with van der Waals surface area (Å²) in [6.07, 6.45) is 0. The van der Waals surface area contributed by atoms with E-state index in [9.17, 15) is 0 Å². The van der Waals surface area contributed by atoms with Crippen LogP contribution < -0.4 is 0 Å². The molecule has 6 aromatic carbocycles. The SMILES string of the molecule is c1ccc(-n2c3ccccc3c3oc4ccc(-c5cccc(-c6ccc7sc8ccccc8c7c6)c5)cc4c32)cc1. The van der Waals surface area contributed by atoms with Crippen LogP contribution in [-0.4, -0.2) is 4.57 Å². The molecule has 3 heteroatoms. The topological polar surface area (TPSA) is 18.1 Å². The summed E-state index contributed by atoms with van der Waals surface area (Å²) in [7, 11) is 0. The highest BCUT2D eigenvalue weighted by Crippen LogP contribution is 2.41. The Hall–Kier alpha value is -5.12. The molecule has 0 saturated heterocycles. The Bertz CT molecular complexity index is 2420. The third-order valence-electron chi connectivity index (χ3n) is 8.20. The molecule has 0 radical (unpaired) electrons. The lowest BCUT2D eigenvalue weighted by Gasteiger charge is -2.09. The van der Waals surface area contributed by atoms with Gasteiger partial charge in [0, 0.05) is 36.6 Å². The molecule has 0 N–H and O–H groups in total. The van der Waals surface area contributed by atoms with Crippen molar-refractivity contribution in [2.75, 3.05) is 0 Å². The Kier molecular flexibility index (Phi) is 4.80. The van der Waals surface area contributed by atoms with Crippen molar-refractivity contribution >= 4 is 64.5 Å². The zero-order chi connectivity index (χ0) is 26.9. The third kappa shape index (κ3) is 3.43. The van der Waals surface area contributed by atoms with E-state index in [2.05, 4.69) is 144 Å². The molecule has 41 heavy (non-hydrogen) atoms. The number of para-hydroxylation sites is 2. The standard InChI is InChI=1S/C38H23NOS/c1-2-11-28(12-3-1)39-33-15-6-4-14-30(33)38-37(39)32-23-26(17-19-34(32)40-38)24-9-8-10-25(21-24)27-18-20-36-31(22-27)29-13-5-7-16-35(29)41-36/h1-23H. The van der Waals surface area contributed by atoms with Gasteiger partial charge in [-0.15, -0.1) is 11.3 Å². The van der Waals surface area contributed by atoms with E-state index in [0.717, 1.165) is 38.7 Å². The molecule has 0 atom stereocenters. The summed E-state index contributed by atoms with van der Waals surface area (Å²) in [5, 5.41) is 4.90. The van der Waals surface area contributed by atoms with Gasteiger partial charge >= 0.3 is 0 Å². The van der Waals surface area contributed by atoms with Crippen molar-refractivity contribution in [3.05, 3.63) is 140 Å². The molecule has 0 saturated carbocycles. The number of benzene rings is 6. The molecule has 0 unspecified atom stereocenters. The fourth-order valence-electron chi connectivity index (χ4n) is 6.28. The van der Waals surface area contributed by atoms with E-state index >= 15 is 0 Å². The maximum Gasteiger partial charge on any atom is 0.161 e. The Balaban J connectivity index is 1.22. The van der Waals surface area contributed by atoms with Crippen LogP contribution in [0, 0.1) is 0 Å². The van der Waals surface area contributed by atoms with E-state index in [1.807, 2.05) is 11.3 Å². The summed E-state index contributed by atoms with van der Waals surface area (Å²) in [4.78, 5) is 0. The van der Waals surface area contributed by atoms with Crippen molar-refractivity contribution in [3.8, 4) is 27.9 Å². The van der Waals surface area contributed by atoms with E-state index in [1.54, 1.807) is 0 Å². The highest BCUT2D eigenvalue weighted by molar-refractivity contribution is 7.25. The normalized spacial score (nSPS) is 11.9. The summed E-state index contributed by atoms with van der Waals surface area (Å²) in [6, 6.07) is 50.0. The quantitative estimate of drug-likeness (QED) is 0.217. The maximum absolute atomic E-state index is 6.50. The summed E-state index contributed by atoms with van der Waals surface area (Å²) in [6.45, 7) is 0. The van der Waals surface area contributed by atoms with Crippen molar-refractivity contribution in [1.82, 2.24) is 4.57 Å². The number of thiophene rings is 1. The smallest absolute Gasteiger partial charge is 0.161 e. The lowest BCUT2D eigenvalue weighted by molar-refractivity contribution is 0.673. The fourth-order valence-corrected chi connectivity index (χ4v) is 7.37. The predicted octanol–water partition coefficient (Wildman–Crippen LogP) is 11.2. The van der Waals surface area contributed by atoms with E-state index in [-0.39, 0.29) is 0 Å². The van der Waals surface area contributed by atoms with E-state index in [1.165, 1.54) is 42.4 Å². The first-order chi connectivity index (χ1) is 20.3. The van der Waals surface area contributed by atoms with Crippen LogP contribution in [0.3, 0.4) is 0 Å². The Morgan fingerprint density at radius 1 is 0.463 bits per heavy atom. The molecule has 0 fully saturated rings. The van der Waals surface area contributed by atoms with Gasteiger partial charge in [-0.1, -0.05) is 78.9 Å². The van der Waals surface area contributed by atoms with Gasteiger partial charge in [-0.25, -0.2) is 0 Å². The van der Waals surface area contributed by atoms with Gasteiger partial charge in [0.05, 0.1) is 5.52 Å². The van der Waals surface area contributed by atoms with Gasteiger partial charge in [-0.3, -0.25) is 0 Å². The zero-order valence-corrected chi connectivity index (χ0v) is 22.9. The molecule has 0 spiro atoms. The number of nitrogens with zero attached hydrogens (tertiary/aromatic N) is 1. The lowest BCUT2D eigenvalue weighted by Crippen LogP contribution is -1.92. The Morgan fingerprint density at radius 3 is 1.98 bits per heavy atom. The van der Waals surface area contributed by atoms with Gasteiger partial charge in [-0.2, -0.15) is 0 Å². The van der Waals surface area contributed by atoms with Gasteiger partial charge in [0.25, 0.3) is 0 Å². The van der Waals surface area contributed by atoms with Crippen LogP contribution in [-0.2, 0) is 0 Å².